The largest absolute Gasteiger partial charge is 0.310 e. The number of rotatable bonds is 4. The Labute approximate surface area is 342 Å². The third-order valence-corrected chi connectivity index (χ3v) is 13.2. The summed E-state index contributed by atoms with van der Waals surface area (Å²) in [6, 6.07) is 81.2. The second kappa shape index (κ2) is 12.2. The van der Waals surface area contributed by atoms with Crippen LogP contribution in [0, 0.1) is 0 Å². The molecular weight excluding hydrogens is 713 g/mol. The smallest absolute Gasteiger partial charge is 0.0725 e. The van der Waals surface area contributed by atoms with Gasteiger partial charge in [-0.05, 0) is 109 Å². The molecule has 2 aliphatic carbocycles. The average Bonchev–Trinajstić information content (AvgIpc) is 3.79. The van der Waals surface area contributed by atoms with Crippen molar-refractivity contribution in [2.24, 2.45) is 0 Å². The maximum Gasteiger partial charge on any atom is 0.0725 e. The zero-order valence-electron chi connectivity index (χ0n) is 32.2. The minimum atomic E-state index is -0.460. The summed E-state index contributed by atoms with van der Waals surface area (Å²) in [5.41, 5.74) is 17.0. The quantitative estimate of drug-likeness (QED) is 0.174. The molecule has 1 spiro atoms. The summed E-state index contributed by atoms with van der Waals surface area (Å²) in [5.74, 6) is 0. The van der Waals surface area contributed by atoms with Crippen LogP contribution in [-0.2, 0) is 5.41 Å². The van der Waals surface area contributed by atoms with Crippen LogP contribution >= 0.6 is 0 Å². The van der Waals surface area contributed by atoms with E-state index in [1.807, 2.05) is 0 Å². The SMILES string of the molecule is c1ccc(-n2c3ccccc3c3ccc(N(c4ccc5ccccc5c4)c4ccc5c6c(cccc46)C4(c6ccccc6-c6ccccc64)c4ccccc4-5)cc32)cc1. The van der Waals surface area contributed by atoms with Crippen LogP contribution in [0.4, 0.5) is 17.1 Å². The van der Waals surface area contributed by atoms with Crippen LogP contribution in [0.3, 0.4) is 0 Å². The van der Waals surface area contributed by atoms with Gasteiger partial charge in [0, 0.05) is 33.2 Å². The molecule has 1 heterocycles. The highest BCUT2D eigenvalue weighted by molar-refractivity contribution is 6.14. The molecule has 0 unspecified atom stereocenters. The van der Waals surface area contributed by atoms with Crippen molar-refractivity contribution in [2.75, 3.05) is 4.90 Å². The molecule has 0 radical (unpaired) electrons. The first kappa shape index (κ1) is 32.4. The molecule has 2 aliphatic rings. The van der Waals surface area contributed by atoms with E-state index in [0.29, 0.717) is 0 Å². The second-order valence-corrected chi connectivity index (χ2v) is 16.0. The monoisotopic (exact) mass is 748 g/mol. The summed E-state index contributed by atoms with van der Waals surface area (Å²) in [5, 5.41) is 7.46. The van der Waals surface area contributed by atoms with Gasteiger partial charge in [-0.3, -0.25) is 0 Å². The number of hydrogen-bond donors (Lipinski definition) is 0. The van der Waals surface area contributed by atoms with E-state index in [1.54, 1.807) is 0 Å². The van der Waals surface area contributed by atoms with Crippen molar-refractivity contribution in [1.82, 2.24) is 4.57 Å². The highest BCUT2D eigenvalue weighted by atomic mass is 15.1. The summed E-state index contributed by atoms with van der Waals surface area (Å²) in [6.45, 7) is 0. The molecule has 0 fully saturated rings. The van der Waals surface area contributed by atoms with Gasteiger partial charge in [0.15, 0.2) is 0 Å². The van der Waals surface area contributed by atoms with Crippen molar-refractivity contribution in [3.05, 3.63) is 241 Å². The number of anilines is 3. The van der Waals surface area contributed by atoms with Gasteiger partial charge in [-0.2, -0.15) is 0 Å². The number of para-hydroxylation sites is 2. The molecule has 2 heteroatoms. The van der Waals surface area contributed by atoms with E-state index in [4.69, 9.17) is 0 Å². The highest BCUT2D eigenvalue weighted by Crippen LogP contribution is 2.62. The van der Waals surface area contributed by atoms with E-state index in [1.165, 1.54) is 87.9 Å². The van der Waals surface area contributed by atoms with Gasteiger partial charge in [-0.1, -0.05) is 170 Å². The van der Waals surface area contributed by atoms with Crippen LogP contribution < -0.4 is 4.90 Å². The average molecular weight is 749 g/mol. The van der Waals surface area contributed by atoms with Gasteiger partial charge in [0.2, 0.25) is 0 Å². The molecule has 59 heavy (non-hydrogen) atoms. The summed E-state index contributed by atoms with van der Waals surface area (Å²) < 4.78 is 2.42. The predicted molar refractivity (Wildman–Crippen MR) is 247 cm³/mol. The molecule has 2 nitrogen and oxygen atoms in total. The number of benzene rings is 10. The maximum atomic E-state index is 2.49. The standard InChI is InChI=1S/C57H36N2/c1-2-17-39(18-3-1)59-53-28-13-9-22-45(53)46-32-31-41(36-55(46)59)58(40-30-29-37-15-4-5-16-38(37)35-40)54-34-33-47-44-21-8-12-26-51(44)57(52-27-14-23-48(54)56(47)52)49-24-10-6-19-42(49)43-20-7-11-25-50(43)57/h1-36H. The number of aromatic nitrogens is 1. The van der Waals surface area contributed by atoms with E-state index in [2.05, 4.69) is 228 Å². The Morgan fingerprint density at radius 2 is 0.898 bits per heavy atom. The van der Waals surface area contributed by atoms with E-state index >= 15 is 0 Å². The van der Waals surface area contributed by atoms with Gasteiger partial charge in [0.05, 0.1) is 22.1 Å². The fourth-order valence-electron chi connectivity index (χ4n) is 10.8. The van der Waals surface area contributed by atoms with Gasteiger partial charge < -0.3 is 9.47 Å². The normalized spacial score (nSPS) is 13.2. The molecule has 274 valence electrons. The first-order valence-corrected chi connectivity index (χ1v) is 20.5. The predicted octanol–water partition coefficient (Wildman–Crippen LogP) is 14.9. The van der Waals surface area contributed by atoms with Crippen molar-refractivity contribution in [2.45, 2.75) is 5.41 Å². The molecule has 0 bridgehead atoms. The summed E-state index contributed by atoms with van der Waals surface area (Å²) >= 11 is 0. The van der Waals surface area contributed by atoms with Crippen molar-refractivity contribution < 1.29 is 0 Å². The molecule has 10 aromatic carbocycles. The first-order chi connectivity index (χ1) is 29.3. The molecule has 1 aromatic heterocycles. The molecule has 0 saturated heterocycles. The van der Waals surface area contributed by atoms with Crippen LogP contribution in [0.25, 0.3) is 71.3 Å². The Morgan fingerprint density at radius 1 is 0.339 bits per heavy atom. The molecular formula is C57H36N2. The molecule has 13 rings (SSSR count). The number of nitrogens with zero attached hydrogens (tertiary/aromatic N) is 2. The van der Waals surface area contributed by atoms with Crippen molar-refractivity contribution in [3.63, 3.8) is 0 Å². The molecule has 0 N–H and O–H groups in total. The lowest BCUT2D eigenvalue weighted by Crippen LogP contribution is -2.31. The fraction of sp³-hybridized carbons (Fsp3) is 0.0175. The molecule has 0 aliphatic heterocycles. The lowest BCUT2D eigenvalue weighted by molar-refractivity contribution is 0.773. The Balaban J connectivity index is 1.13. The lowest BCUT2D eigenvalue weighted by Gasteiger charge is -2.40. The fourth-order valence-corrected chi connectivity index (χ4v) is 10.8. The highest BCUT2D eigenvalue weighted by Gasteiger charge is 2.50. The summed E-state index contributed by atoms with van der Waals surface area (Å²) in [6.07, 6.45) is 0. The van der Waals surface area contributed by atoms with Gasteiger partial charge >= 0.3 is 0 Å². The van der Waals surface area contributed by atoms with Crippen molar-refractivity contribution in [1.29, 1.82) is 0 Å². The Bertz CT molecular complexity index is 3470. The van der Waals surface area contributed by atoms with Crippen LogP contribution in [0.1, 0.15) is 22.3 Å². The number of hydrogen-bond acceptors (Lipinski definition) is 1. The first-order valence-electron chi connectivity index (χ1n) is 20.5. The molecule has 0 amide bonds. The summed E-state index contributed by atoms with van der Waals surface area (Å²) in [4.78, 5) is 2.49. The van der Waals surface area contributed by atoms with Crippen LogP contribution in [0.15, 0.2) is 218 Å². The number of fused-ring (bicyclic) bond motifs is 13. The third kappa shape index (κ3) is 4.35. The third-order valence-electron chi connectivity index (χ3n) is 13.2. The van der Waals surface area contributed by atoms with Gasteiger partial charge in [-0.15, -0.1) is 0 Å². The lowest BCUT2D eigenvalue weighted by atomic mass is 9.61. The van der Waals surface area contributed by atoms with Crippen molar-refractivity contribution in [3.8, 4) is 27.9 Å². The van der Waals surface area contributed by atoms with Crippen LogP contribution in [0.5, 0.6) is 0 Å². The second-order valence-electron chi connectivity index (χ2n) is 16.0. The zero-order chi connectivity index (χ0) is 38.7. The topological polar surface area (TPSA) is 8.17 Å². The Morgan fingerprint density at radius 3 is 1.66 bits per heavy atom. The molecule has 0 atom stereocenters. The van der Waals surface area contributed by atoms with E-state index in [-0.39, 0.29) is 0 Å². The van der Waals surface area contributed by atoms with Gasteiger partial charge in [0.1, 0.15) is 0 Å². The molecule has 11 aromatic rings. The van der Waals surface area contributed by atoms with Gasteiger partial charge in [-0.25, -0.2) is 0 Å². The van der Waals surface area contributed by atoms with Gasteiger partial charge in [0.25, 0.3) is 0 Å². The molecule has 0 saturated carbocycles. The van der Waals surface area contributed by atoms with E-state index in [0.717, 1.165) is 22.7 Å². The Kier molecular flexibility index (Phi) is 6.68. The van der Waals surface area contributed by atoms with E-state index in [9.17, 15) is 0 Å². The Hall–Kier alpha value is -7.68. The maximum absolute atomic E-state index is 2.49. The van der Waals surface area contributed by atoms with Crippen LogP contribution in [-0.4, -0.2) is 4.57 Å². The minimum Gasteiger partial charge on any atom is -0.310 e. The zero-order valence-corrected chi connectivity index (χ0v) is 32.2. The van der Waals surface area contributed by atoms with Crippen molar-refractivity contribution >= 4 is 60.4 Å². The minimum absolute atomic E-state index is 0.460. The van der Waals surface area contributed by atoms with E-state index < -0.39 is 5.41 Å². The summed E-state index contributed by atoms with van der Waals surface area (Å²) in [7, 11) is 0. The van der Waals surface area contributed by atoms with Crippen LogP contribution in [0.2, 0.25) is 0 Å².